The zero-order valence-corrected chi connectivity index (χ0v) is 10.9. The number of nitrogens with one attached hydrogen (secondary N) is 1. The van der Waals surface area contributed by atoms with E-state index in [2.05, 4.69) is 26.0 Å². The van der Waals surface area contributed by atoms with Gasteiger partial charge in [0.1, 0.15) is 4.60 Å². The van der Waals surface area contributed by atoms with Crippen molar-refractivity contribution in [3.63, 3.8) is 0 Å². The SMILES string of the molecule is COc1ccc(Br)n2nc(NC(=O)C(F)(F)F)nc12. The second kappa shape index (κ2) is 4.68. The lowest BCUT2D eigenvalue weighted by atomic mass is 10.4. The highest BCUT2D eigenvalue weighted by molar-refractivity contribution is 9.10. The largest absolute Gasteiger partial charge is 0.493 e. The Morgan fingerprint density at radius 1 is 1.47 bits per heavy atom. The van der Waals surface area contributed by atoms with Gasteiger partial charge in [-0.1, -0.05) is 0 Å². The molecule has 0 atom stereocenters. The number of rotatable bonds is 2. The number of fused-ring (bicyclic) bond motifs is 1. The highest BCUT2D eigenvalue weighted by Crippen LogP contribution is 2.24. The van der Waals surface area contributed by atoms with Crippen molar-refractivity contribution in [2.45, 2.75) is 6.18 Å². The summed E-state index contributed by atoms with van der Waals surface area (Å²) in [6, 6.07) is 3.14. The Morgan fingerprint density at radius 2 is 2.16 bits per heavy atom. The molecule has 0 radical (unpaired) electrons. The maximum absolute atomic E-state index is 12.1. The molecule has 0 aliphatic carbocycles. The van der Waals surface area contributed by atoms with Gasteiger partial charge in [-0.3, -0.25) is 10.1 Å². The van der Waals surface area contributed by atoms with Gasteiger partial charge in [-0.2, -0.15) is 18.2 Å². The first-order chi connectivity index (χ1) is 8.82. The third-order valence-electron chi connectivity index (χ3n) is 2.10. The minimum atomic E-state index is -5.00. The first-order valence-corrected chi connectivity index (χ1v) is 5.59. The zero-order valence-electron chi connectivity index (χ0n) is 9.32. The van der Waals surface area contributed by atoms with Crippen LogP contribution in [-0.2, 0) is 4.79 Å². The molecule has 0 aliphatic heterocycles. The minimum Gasteiger partial charge on any atom is -0.493 e. The van der Waals surface area contributed by atoms with Crippen LogP contribution in [0, 0.1) is 0 Å². The van der Waals surface area contributed by atoms with E-state index in [1.807, 2.05) is 0 Å². The van der Waals surface area contributed by atoms with Gasteiger partial charge >= 0.3 is 12.1 Å². The van der Waals surface area contributed by atoms with Crippen LogP contribution in [0.5, 0.6) is 5.75 Å². The van der Waals surface area contributed by atoms with Gasteiger partial charge in [-0.05, 0) is 28.1 Å². The number of carbonyl (C=O) groups is 1. The summed E-state index contributed by atoms with van der Waals surface area (Å²) < 4.78 is 43.0. The van der Waals surface area contributed by atoms with Gasteiger partial charge in [0.25, 0.3) is 0 Å². The maximum Gasteiger partial charge on any atom is 0.471 e. The number of hydrogen-bond donors (Lipinski definition) is 1. The third kappa shape index (κ3) is 2.62. The number of methoxy groups -OCH3 is 1. The van der Waals surface area contributed by atoms with E-state index in [9.17, 15) is 18.0 Å². The quantitative estimate of drug-likeness (QED) is 0.850. The predicted octanol–water partition coefficient (Wildman–Crippen LogP) is 2.00. The number of alkyl halides is 3. The Balaban J connectivity index is 2.42. The van der Waals surface area contributed by atoms with Crippen molar-refractivity contribution in [2.24, 2.45) is 0 Å². The van der Waals surface area contributed by atoms with Crippen molar-refractivity contribution in [1.82, 2.24) is 14.6 Å². The molecule has 0 bridgehead atoms. The van der Waals surface area contributed by atoms with Gasteiger partial charge in [-0.15, -0.1) is 5.10 Å². The molecular weight excluding hydrogens is 333 g/mol. The molecule has 2 heterocycles. The molecule has 0 spiro atoms. The molecular formula is C9H6BrF3N4O2. The number of amides is 1. The van der Waals surface area contributed by atoms with Crippen LogP contribution in [0.4, 0.5) is 19.1 Å². The van der Waals surface area contributed by atoms with Crippen LogP contribution in [0.15, 0.2) is 16.7 Å². The lowest BCUT2D eigenvalue weighted by Gasteiger charge is -2.03. The number of anilines is 1. The first-order valence-electron chi connectivity index (χ1n) is 4.80. The molecule has 0 saturated heterocycles. The fourth-order valence-corrected chi connectivity index (χ4v) is 1.67. The van der Waals surface area contributed by atoms with Gasteiger partial charge in [-0.25, -0.2) is 4.52 Å². The minimum absolute atomic E-state index is 0.175. The molecule has 0 saturated carbocycles. The number of halogens is 4. The fourth-order valence-electron chi connectivity index (χ4n) is 1.29. The summed E-state index contributed by atoms with van der Waals surface area (Å²) in [4.78, 5) is 14.5. The van der Waals surface area contributed by atoms with Crippen molar-refractivity contribution >= 4 is 33.4 Å². The zero-order chi connectivity index (χ0) is 14.2. The van der Waals surface area contributed by atoms with Crippen molar-refractivity contribution in [3.8, 4) is 5.75 Å². The monoisotopic (exact) mass is 338 g/mol. The normalized spacial score (nSPS) is 11.6. The van der Waals surface area contributed by atoms with Gasteiger partial charge < -0.3 is 4.74 Å². The number of ether oxygens (including phenoxy) is 1. The van der Waals surface area contributed by atoms with Gasteiger partial charge in [0.15, 0.2) is 5.75 Å². The lowest BCUT2D eigenvalue weighted by molar-refractivity contribution is -0.167. The third-order valence-corrected chi connectivity index (χ3v) is 2.71. The molecule has 2 aromatic rings. The number of aromatic nitrogens is 3. The number of pyridine rings is 1. The Bertz CT molecular complexity index is 640. The number of nitrogens with zero attached hydrogens (tertiary/aromatic N) is 3. The molecule has 0 aliphatic rings. The van der Waals surface area contributed by atoms with E-state index in [0.29, 0.717) is 10.4 Å². The molecule has 0 unspecified atom stereocenters. The highest BCUT2D eigenvalue weighted by Gasteiger charge is 2.39. The molecule has 6 nitrogen and oxygen atoms in total. The molecule has 2 rings (SSSR count). The molecule has 102 valence electrons. The van der Waals surface area contributed by atoms with Crippen LogP contribution in [0.2, 0.25) is 0 Å². The lowest BCUT2D eigenvalue weighted by Crippen LogP contribution is -2.30. The van der Waals surface area contributed by atoms with E-state index in [4.69, 9.17) is 4.74 Å². The van der Waals surface area contributed by atoms with Crippen LogP contribution in [0.25, 0.3) is 5.65 Å². The second-order valence-corrected chi connectivity index (χ2v) is 4.16. The summed E-state index contributed by atoms with van der Waals surface area (Å²) >= 11 is 3.15. The Morgan fingerprint density at radius 3 is 2.74 bits per heavy atom. The average molecular weight is 339 g/mol. The number of hydrogen-bond acceptors (Lipinski definition) is 4. The average Bonchev–Trinajstić information content (AvgIpc) is 2.73. The molecule has 1 amide bonds. The van der Waals surface area contributed by atoms with E-state index >= 15 is 0 Å². The summed E-state index contributed by atoms with van der Waals surface area (Å²) in [5, 5.41) is 5.29. The van der Waals surface area contributed by atoms with Crippen molar-refractivity contribution < 1.29 is 22.7 Å². The van der Waals surface area contributed by atoms with E-state index in [1.54, 1.807) is 17.4 Å². The van der Waals surface area contributed by atoms with E-state index < -0.39 is 18.0 Å². The Kier molecular flexibility index (Phi) is 3.35. The molecule has 10 heteroatoms. The standard InChI is InChI=1S/C9H6BrF3N4O2/c1-19-4-2-3-5(10)17-6(4)14-8(16-17)15-7(18)9(11,12)13/h2-3H,1H3,(H,15,16,18). The molecule has 19 heavy (non-hydrogen) atoms. The molecule has 0 fully saturated rings. The summed E-state index contributed by atoms with van der Waals surface area (Å²) in [6.45, 7) is 0. The van der Waals surface area contributed by atoms with Crippen molar-refractivity contribution in [1.29, 1.82) is 0 Å². The van der Waals surface area contributed by atoms with Crippen molar-refractivity contribution in [2.75, 3.05) is 12.4 Å². The van der Waals surface area contributed by atoms with Crippen LogP contribution < -0.4 is 10.1 Å². The van der Waals surface area contributed by atoms with Gasteiger partial charge in [0.05, 0.1) is 7.11 Å². The van der Waals surface area contributed by atoms with Crippen molar-refractivity contribution in [3.05, 3.63) is 16.7 Å². The van der Waals surface area contributed by atoms with Gasteiger partial charge in [0, 0.05) is 0 Å². The summed E-state index contributed by atoms with van der Waals surface area (Å²) in [5.41, 5.74) is 0.175. The molecule has 1 N–H and O–H groups in total. The molecule has 0 aromatic carbocycles. The molecule has 2 aromatic heterocycles. The van der Waals surface area contributed by atoms with E-state index in [-0.39, 0.29) is 5.65 Å². The summed E-state index contributed by atoms with van der Waals surface area (Å²) in [6.07, 6.45) is -5.00. The topological polar surface area (TPSA) is 68.5 Å². The van der Waals surface area contributed by atoms with Crippen LogP contribution in [-0.4, -0.2) is 33.8 Å². The van der Waals surface area contributed by atoms with Crippen LogP contribution in [0.1, 0.15) is 0 Å². The van der Waals surface area contributed by atoms with Crippen LogP contribution in [0.3, 0.4) is 0 Å². The van der Waals surface area contributed by atoms with Gasteiger partial charge in [0.2, 0.25) is 11.6 Å². The summed E-state index contributed by atoms with van der Waals surface area (Å²) in [7, 11) is 1.38. The van der Waals surface area contributed by atoms with E-state index in [1.165, 1.54) is 11.6 Å². The predicted molar refractivity (Wildman–Crippen MR) is 61.9 cm³/mol. The fraction of sp³-hybridized carbons (Fsp3) is 0.222. The van der Waals surface area contributed by atoms with E-state index in [0.717, 1.165) is 0 Å². The second-order valence-electron chi connectivity index (χ2n) is 3.35. The smallest absolute Gasteiger partial charge is 0.471 e. The Labute approximate surface area is 112 Å². The number of carbonyl (C=O) groups excluding carboxylic acids is 1. The first kappa shape index (κ1) is 13.6. The Hall–Kier alpha value is -1.84. The van der Waals surface area contributed by atoms with Crippen LogP contribution >= 0.6 is 15.9 Å². The highest BCUT2D eigenvalue weighted by atomic mass is 79.9. The maximum atomic E-state index is 12.1. The summed E-state index contributed by atoms with van der Waals surface area (Å²) in [5.74, 6) is -2.30.